The van der Waals surface area contributed by atoms with Crippen molar-refractivity contribution in [3.8, 4) is 0 Å². The van der Waals surface area contributed by atoms with Crippen LogP contribution in [-0.2, 0) is 11.3 Å². The smallest absolute Gasteiger partial charge is 0.236 e. The Hall–Kier alpha value is -1.36. The van der Waals surface area contributed by atoms with E-state index in [9.17, 15) is 4.79 Å². The molecule has 1 aromatic rings. The summed E-state index contributed by atoms with van der Waals surface area (Å²) in [6.45, 7) is 3.03. The Morgan fingerprint density at radius 3 is 2.89 bits per heavy atom. The van der Waals surface area contributed by atoms with Crippen LogP contribution in [0.25, 0.3) is 0 Å². The molecule has 1 saturated heterocycles. The van der Waals surface area contributed by atoms with Gasteiger partial charge in [0.25, 0.3) is 0 Å². The number of rotatable bonds is 5. The summed E-state index contributed by atoms with van der Waals surface area (Å²) in [7, 11) is 0. The summed E-state index contributed by atoms with van der Waals surface area (Å²) >= 11 is 0. The predicted octanol–water partition coefficient (Wildman–Crippen LogP) is 0.930. The zero-order valence-electron chi connectivity index (χ0n) is 10.6. The molecular weight excluding hydrogens is 228 g/mol. The molecule has 2 heterocycles. The highest BCUT2D eigenvalue weighted by Crippen LogP contribution is 2.35. The topological polar surface area (TPSA) is 50.2 Å². The highest BCUT2D eigenvalue weighted by Gasteiger charge is 2.25. The van der Waals surface area contributed by atoms with Crippen LogP contribution in [0.5, 0.6) is 0 Å². The van der Waals surface area contributed by atoms with E-state index < -0.39 is 0 Å². The molecule has 1 aliphatic heterocycles. The fraction of sp³-hybridized carbons (Fsp3) is 0.692. The van der Waals surface area contributed by atoms with E-state index in [-0.39, 0.29) is 5.91 Å². The molecule has 1 aromatic heterocycles. The fourth-order valence-corrected chi connectivity index (χ4v) is 2.53. The van der Waals surface area contributed by atoms with Crippen LogP contribution < -0.4 is 5.32 Å². The lowest BCUT2D eigenvalue weighted by atomic mass is 10.4. The zero-order valence-corrected chi connectivity index (χ0v) is 10.6. The maximum absolute atomic E-state index is 11.8. The largest absolute Gasteiger partial charge is 0.342 e. The molecule has 1 saturated carbocycles. The first-order chi connectivity index (χ1) is 8.84. The lowest BCUT2D eigenvalue weighted by Gasteiger charge is -2.15. The van der Waals surface area contributed by atoms with Gasteiger partial charge in [0.1, 0.15) is 0 Å². The lowest BCUT2D eigenvalue weighted by molar-refractivity contribution is -0.129. The number of carbonyl (C=O) groups excluding carboxylic acids is 1. The van der Waals surface area contributed by atoms with Crippen molar-refractivity contribution >= 4 is 5.91 Å². The summed E-state index contributed by atoms with van der Waals surface area (Å²) in [5, 5.41) is 3.24. The molecule has 1 amide bonds. The first kappa shape index (κ1) is 11.7. The molecule has 3 rings (SSSR count). The minimum Gasteiger partial charge on any atom is -0.342 e. The van der Waals surface area contributed by atoms with Gasteiger partial charge >= 0.3 is 0 Å². The van der Waals surface area contributed by atoms with E-state index in [0.29, 0.717) is 12.6 Å². The van der Waals surface area contributed by atoms with E-state index in [0.717, 1.165) is 32.5 Å². The molecule has 0 bridgehead atoms. The predicted molar refractivity (Wildman–Crippen MR) is 68.0 cm³/mol. The molecule has 2 fully saturated rings. The average molecular weight is 248 g/mol. The van der Waals surface area contributed by atoms with E-state index in [4.69, 9.17) is 0 Å². The van der Waals surface area contributed by atoms with Crippen LogP contribution in [0.3, 0.4) is 0 Å². The van der Waals surface area contributed by atoms with E-state index in [1.54, 1.807) is 0 Å². The Morgan fingerprint density at radius 2 is 2.17 bits per heavy atom. The lowest BCUT2D eigenvalue weighted by Crippen LogP contribution is -2.36. The van der Waals surface area contributed by atoms with Crippen LogP contribution in [-0.4, -0.2) is 40.0 Å². The third-order valence-corrected chi connectivity index (χ3v) is 3.73. The van der Waals surface area contributed by atoms with Crippen molar-refractivity contribution in [2.24, 2.45) is 0 Å². The third kappa shape index (κ3) is 2.56. The molecule has 0 spiro atoms. The van der Waals surface area contributed by atoms with Gasteiger partial charge < -0.3 is 14.8 Å². The van der Waals surface area contributed by atoms with E-state index in [2.05, 4.69) is 14.9 Å². The van der Waals surface area contributed by atoms with Crippen LogP contribution in [0.4, 0.5) is 0 Å². The van der Waals surface area contributed by atoms with Crippen molar-refractivity contribution < 1.29 is 4.79 Å². The van der Waals surface area contributed by atoms with Gasteiger partial charge in [0.05, 0.1) is 18.6 Å². The van der Waals surface area contributed by atoms with Crippen LogP contribution in [0.1, 0.15) is 37.4 Å². The minimum atomic E-state index is 0.227. The summed E-state index contributed by atoms with van der Waals surface area (Å²) in [5.41, 5.74) is 1.19. The van der Waals surface area contributed by atoms with Crippen LogP contribution in [0.15, 0.2) is 12.5 Å². The minimum absolute atomic E-state index is 0.227. The molecule has 1 N–H and O–H groups in total. The Balaban J connectivity index is 1.46. The third-order valence-electron chi connectivity index (χ3n) is 3.73. The van der Waals surface area contributed by atoms with Crippen molar-refractivity contribution in [1.82, 2.24) is 19.8 Å². The maximum Gasteiger partial charge on any atom is 0.236 e. The van der Waals surface area contributed by atoms with Gasteiger partial charge in [-0.05, 0) is 25.7 Å². The number of hydrogen-bond acceptors (Lipinski definition) is 3. The summed E-state index contributed by atoms with van der Waals surface area (Å²) in [5.74, 6) is 0.227. The van der Waals surface area contributed by atoms with Gasteiger partial charge in [-0.25, -0.2) is 4.98 Å². The standard InChI is InChI=1S/C13H20N4O/c18-13(16-5-1-2-6-16)9-14-7-12-8-15-10-17(12)11-3-4-11/h8,10-11,14H,1-7,9H2. The van der Waals surface area contributed by atoms with Crippen molar-refractivity contribution in [1.29, 1.82) is 0 Å². The molecule has 1 aliphatic carbocycles. The van der Waals surface area contributed by atoms with Gasteiger partial charge in [-0.1, -0.05) is 0 Å². The molecule has 5 heteroatoms. The van der Waals surface area contributed by atoms with Gasteiger partial charge in [-0.3, -0.25) is 4.79 Å². The Kier molecular flexibility index (Phi) is 3.32. The van der Waals surface area contributed by atoms with Crippen LogP contribution >= 0.6 is 0 Å². The van der Waals surface area contributed by atoms with Gasteiger partial charge in [0.15, 0.2) is 0 Å². The first-order valence-corrected chi connectivity index (χ1v) is 6.84. The first-order valence-electron chi connectivity index (χ1n) is 6.84. The Labute approximate surface area is 107 Å². The van der Waals surface area contributed by atoms with Crippen molar-refractivity contribution in [3.63, 3.8) is 0 Å². The van der Waals surface area contributed by atoms with Crippen molar-refractivity contribution in [2.75, 3.05) is 19.6 Å². The Morgan fingerprint density at radius 1 is 1.39 bits per heavy atom. The molecule has 0 unspecified atom stereocenters. The van der Waals surface area contributed by atoms with E-state index in [1.807, 2.05) is 17.4 Å². The summed E-state index contributed by atoms with van der Waals surface area (Å²) in [4.78, 5) is 18.0. The number of hydrogen-bond donors (Lipinski definition) is 1. The molecule has 5 nitrogen and oxygen atoms in total. The number of nitrogens with one attached hydrogen (secondary N) is 1. The second-order valence-electron chi connectivity index (χ2n) is 5.21. The molecule has 0 radical (unpaired) electrons. The van der Waals surface area contributed by atoms with Gasteiger partial charge in [-0.15, -0.1) is 0 Å². The fourth-order valence-electron chi connectivity index (χ4n) is 2.53. The van der Waals surface area contributed by atoms with E-state index in [1.165, 1.54) is 18.5 Å². The summed E-state index contributed by atoms with van der Waals surface area (Å²) in [6, 6.07) is 0.651. The number of aromatic nitrogens is 2. The zero-order chi connectivity index (χ0) is 12.4. The van der Waals surface area contributed by atoms with Gasteiger partial charge in [-0.2, -0.15) is 0 Å². The van der Waals surface area contributed by atoms with Gasteiger partial charge in [0, 0.05) is 31.9 Å². The van der Waals surface area contributed by atoms with Crippen LogP contribution in [0, 0.1) is 0 Å². The van der Waals surface area contributed by atoms with E-state index >= 15 is 0 Å². The second-order valence-corrected chi connectivity index (χ2v) is 5.21. The molecule has 0 aromatic carbocycles. The highest BCUT2D eigenvalue weighted by atomic mass is 16.2. The molecular formula is C13H20N4O. The average Bonchev–Trinajstić information content (AvgIpc) is 2.92. The van der Waals surface area contributed by atoms with Gasteiger partial charge in [0.2, 0.25) is 5.91 Å². The number of nitrogens with zero attached hydrogens (tertiary/aromatic N) is 3. The molecule has 2 aliphatic rings. The Bertz CT molecular complexity index is 418. The summed E-state index contributed by atoms with van der Waals surface area (Å²) < 4.78 is 2.23. The number of amides is 1. The SMILES string of the molecule is O=C(CNCc1cncn1C1CC1)N1CCCC1. The summed E-state index contributed by atoms with van der Waals surface area (Å²) in [6.07, 6.45) is 8.62. The van der Waals surface area contributed by atoms with Crippen molar-refractivity contribution in [2.45, 2.75) is 38.3 Å². The highest BCUT2D eigenvalue weighted by molar-refractivity contribution is 5.78. The second kappa shape index (κ2) is 5.10. The number of carbonyl (C=O) groups is 1. The molecule has 98 valence electrons. The maximum atomic E-state index is 11.8. The quantitative estimate of drug-likeness (QED) is 0.843. The van der Waals surface area contributed by atoms with Crippen molar-refractivity contribution in [3.05, 3.63) is 18.2 Å². The number of imidazole rings is 1. The van der Waals surface area contributed by atoms with Crippen LogP contribution in [0.2, 0.25) is 0 Å². The normalized spacial score (nSPS) is 19.4. The monoisotopic (exact) mass is 248 g/mol. The number of likely N-dealkylation sites (tertiary alicyclic amines) is 1. The molecule has 0 atom stereocenters. The molecule has 18 heavy (non-hydrogen) atoms.